The summed E-state index contributed by atoms with van der Waals surface area (Å²) in [7, 11) is 0. The molecule has 98 valence electrons. The van der Waals surface area contributed by atoms with Crippen molar-refractivity contribution in [3.63, 3.8) is 0 Å². The predicted molar refractivity (Wildman–Crippen MR) is 68.6 cm³/mol. The van der Waals surface area contributed by atoms with E-state index in [0.717, 1.165) is 0 Å². The van der Waals surface area contributed by atoms with Crippen molar-refractivity contribution in [3.8, 4) is 11.5 Å². The van der Waals surface area contributed by atoms with Crippen LogP contribution in [0.3, 0.4) is 0 Å². The van der Waals surface area contributed by atoms with E-state index in [-0.39, 0.29) is 5.70 Å². The smallest absolute Gasteiger partial charge is 0.351 e. The predicted octanol–water partition coefficient (Wildman–Crippen LogP) is 1.87. The number of ether oxygens (including phenoxy) is 2. The number of rotatable bonds is 6. The zero-order valence-electron chi connectivity index (χ0n) is 10.5. The molecule has 3 N–H and O–H groups in total. The normalized spacial score (nSPS) is 11.1. The van der Waals surface area contributed by atoms with E-state index in [1.807, 2.05) is 13.8 Å². The summed E-state index contributed by atoms with van der Waals surface area (Å²) in [4.78, 5) is 10.6. The van der Waals surface area contributed by atoms with Gasteiger partial charge in [0, 0.05) is 0 Å². The fourth-order valence-corrected chi connectivity index (χ4v) is 1.40. The summed E-state index contributed by atoms with van der Waals surface area (Å²) in [5, 5.41) is 8.71. The molecule has 0 saturated carbocycles. The van der Waals surface area contributed by atoms with Crippen LogP contribution in [-0.2, 0) is 4.79 Å². The molecule has 1 rings (SSSR count). The van der Waals surface area contributed by atoms with Gasteiger partial charge in [-0.3, -0.25) is 0 Å². The van der Waals surface area contributed by atoms with Crippen LogP contribution in [-0.4, -0.2) is 24.3 Å². The van der Waals surface area contributed by atoms with Crippen LogP contribution in [0.5, 0.6) is 11.5 Å². The number of benzene rings is 1. The molecule has 0 aliphatic rings. The largest absolute Gasteiger partial charge is 0.490 e. The third-order valence-corrected chi connectivity index (χ3v) is 2.14. The topological polar surface area (TPSA) is 81.8 Å². The molecule has 5 nitrogen and oxygen atoms in total. The summed E-state index contributed by atoms with van der Waals surface area (Å²) in [6, 6.07) is 5.16. The lowest BCUT2D eigenvalue weighted by atomic mass is 10.1. The molecule has 0 aliphatic heterocycles. The fraction of sp³-hybridized carbons (Fsp3) is 0.308. The van der Waals surface area contributed by atoms with Gasteiger partial charge < -0.3 is 20.3 Å². The van der Waals surface area contributed by atoms with Gasteiger partial charge in [-0.05, 0) is 37.6 Å². The lowest BCUT2D eigenvalue weighted by molar-refractivity contribution is -0.132. The van der Waals surface area contributed by atoms with E-state index in [2.05, 4.69) is 0 Å². The Kier molecular flexibility index (Phi) is 5.05. The van der Waals surface area contributed by atoms with Crippen molar-refractivity contribution >= 4 is 12.0 Å². The third kappa shape index (κ3) is 3.69. The summed E-state index contributed by atoms with van der Waals surface area (Å²) in [6.07, 6.45) is 1.38. The van der Waals surface area contributed by atoms with Gasteiger partial charge in [-0.2, -0.15) is 0 Å². The van der Waals surface area contributed by atoms with E-state index in [9.17, 15) is 4.79 Å². The van der Waals surface area contributed by atoms with Gasteiger partial charge in [0.25, 0.3) is 0 Å². The first-order chi connectivity index (χ1) is 8.58. The second-order valence-electron chi connectivity index (χ2n) is 3.48. The number of nitrogens with two attached hydrogens (primary N) is 1. The van der Waals surface area contributed by atoms with Crippen molar-refractivity contribution in [1.29, 1.82) is 0 Å². The molecular formula is C13H17NO4. The number of carboxylic acid groups (broad SMARTS) is 1. The molecule has 0 heterocycles. The van der Waals surface area contributed by atoms with E-state index in [4.69, 9.17) is 20.3 Å². The minimum atomic E-state index is -1.15. The molecule has 5 heteroatoms. The Morgan fingerprint density at radius 2 is 1.89 bits per heavy atom. The van der Waals surface area contributed by atoms with E-state index >= 15 is 0 Å². The third-order valence-electron chi connectivity index (χ3n) is 2.14. The van der Waals surface area contributed by atoms with E-state index < -0.39 is 5.97 Å². The van der Waals surface area contributed by atoms with Crippen LogP contribution in [0.1, 0.15) is 19.4 Å². The van der Waals surface area contributed by atoms with Crippen LogP contribution in [0.2, 0.25) is 0 Å². The molecule has 0 amide bonds. The van der Waals surface area contributed by atoms with Crippen LogP contribution in [0.25, 0.3) is 6.08 Å². The molecule has 0 unspecified atom stereocenters. The Hall–Kier alpha value is -2.17. The van der Waals surface area contributed by atoms with Crippen molar-refractivity contribution < 1.29 is 19.4 Å². The maximum absolute atomic E-state index is 10.6. The van der Waals surface area contributed by atoms with Crippen LogP contribution >= 0.6 is 0 Å². The van der Waals surface area contributed by atoms with Crippen molar-refractivity contribution in [3.05, 3.63) is 29.5 Å². The summed E-state index contributed by atoms with van der Waals surface area (Å²) >= 11 is 0. The molecule has 0 radical (unpaired) electrons. The summed E-state index contributed by atoms with van der Waals surface area (Å²) in [5.74, 6) is 0.0542. The van der Waals surface area contributed by atoms with Gasteiger partial charge in [0.1, 0.15) is 5.70 Å². The molecule has 0 spiro atoms. The van der Waals surface area contributed by atoms with Gasteiger partial charge in [0.2, 0.25) is 0 Å². The second-order valence-corrected chi connectivity index (χ2v) is 3.48. The summed E-state index contributed by atoms with van der Waals surface area (Å²) in [5.41, 5.74) is 5.79. The van der Waals surface area contributed by atoms with Gasteiger partial charge in [0.15, 0.2) is 11.5 Å². The van der Waals surface area contributed by atoms with E-state index in [1.165, 1.54) is 6.08 Å². The van der Waals surface area contributed by atoms with E-state index in [0.29, 0.717) is 30.3 Å². The van der Waals surface area contributed by atoms with Crippen LogP contribution in [0.15, 0.2) is 23.9 Å². The average molecular weight is 251 g/mol. The average Bonchev–Trinajstić information content (AvgIpc) is 2.33. The van der Waals surface area contributed by atoms with E-state index in [1.54, 1.807) is 18.2 Å². The Labute approximate surface area is 106 Å². The number of carboxylic acids is 1. The molecular weight excluding hydrogens is 234 g/mol. The monoisotopic (exact) mass is 251 g/mol. The molecule has 0 atom stereocenters. The highest BCUT2D eigenvalue weighted by molar-refractivity contribution is 5.91. The van der Waals surface area contributed by atoms with Crippen molar-refractivity contribution in [1.82, 2.24) is 0 Å². The van der Waals surface area contributed by atoms with Gasteiger partial charge in [0.05, 0.1) is 13.2 Å². The maximum atomic E-state index is 10.6. The number of aliphatic carboxylic acids is 1. The second kappa shape index (κ2) is 6.54. The molecule has 1 aromatic rings. The van der Waals surface area contributed by atoms with Gasteiger partial charge in [-0.1, -0.05) is 6.07 Å². The summed E-state index contributed by atoms with van der Waals surface area (Å²) < 4.78 is 10.8. The lowest BCUT2D eigenvalue weighted by Crippen LogP contribution is -2.09. The summed E-state index contributed by atoms with van der Waals surface area (Å²) in [6.45, 7) is 4.78. The first kappa shape index (κ1) is 13.9. The Bertz CT molecular complexity index is 454. The molecule has 0 aliphatic carbocycles. The molecule has 18 heavy (non-hydrogen) atoms. The highest BCUT2D eigenvalue weighted by Crippen LogP contribution is 2.29. The fourth-order valence-electron chi connectivity index (χ4n) is 1.40. The minimum Gasteiger partial charge on any atom is -0.490 e. The zero-order chi connectivity index (χ0) is 13.5. The molecule has 0 saturated heterocycles. The van der Waals surface area contributed by atoms with Crippen molar-refractivity contribution in [2.45, 2.75) is 13.8 Å². The van der Waals surface area contributed by atoms with Crippen LogP contribution in [0.4, 0.5) is 0 Å². The highest BCUT2D eigenvalue weighted by atomic mass is 16.5. The van der Waals surface area contributed by atoms with Crippen LogP contribution in [0, 0.1) is 0 Å². The number of carbonyl (C=O) groups is 1. The molecule has 0 aromatic heterocycles. The zero-order valence-corrected chi connectivity index (χ0v) is 10.5. The van der Waals surface area contributed by atoms with Gasteiger partial charge in [-0.15, -0.1) is 0 Å². The Morgan fingerprint density at radius 1 is 1.28 bits per heavy atom. The minimum absolute atomic E-state index is 0.221. The number of hydrogen-bond acceptors (Lipinski definition) is 4. The highest BCUT2D eigenvalue weighted by Gasteiger charge is 2.07. The molecule has 0 fully saturated rings. The Morgan fingerprint density at radius 3 is 2.44 bits per heavy atom. The van der Waals surface area contributed by atoms with Crippen molar-refractivity contribution in [2.24, 2.45) is 5.73 Å². The van der Waals surface area contributed by atoms with Crippen molar-refractivity contribution in [2.75, 3.05) is 13.2 Å². The SMILES string of the molecule is CCOc1ccc(/C=C(/N)C(=O)O)cc1OCC. The van der Waals surface area contributed by atoms with Crippen LogP contribution < -0.4 is 15.2 Å². The van der Waals surface area contributed by atoms with Gasteiger partial charge in [-0.25, -0.2) is 4.79 Å². The first-order valence-corrected chi connectivity index (χ1v) is 5.68. The lowest BCUT2D eigenvalue weighted by Gasteiger charge is -2.11. The molecule has 0 bridgehead atoms. The Balaban J connectivity index is 3.06. The standard InChI is InChI=1S/C13H17NO4/c1-3-17-11-6-5-9(7-10(14)13(15)16)8-12(11)18-4-2/h5-8H,3-4,14H2,1-2H3,(H,15,16)/b10-7+. The van der Waals surface area contributed by atoms with Gasteiger partial charge >= 0.3 is 5.97 Å². The maximum Gasteiger partial charge on any atom is 0.351 e. The number of hydrogen-bond donors (Lipinski definition) is 2. The first-order valence-electron chi connectivity index (χ1n) is 5.68. The molecule has 1 aromatic carbocycles. The quantitative estimate of drug-likeness (QED) is 0.754.